The third-order valence-electron chi connectivity index (χ3n) is 5.32. The maximum Gasteiger partial charge on any atom is 0.238 e. The monoisotopic (exact) mass is 398 g/mol. The summed E-state index contributed by atoms with van der Waals surface area (Å²) in [5.41, 5.74) is 0.836. The highest BCUT2D eigenvalue weighted by molar-refractivity contribution is 5.78. The molecule has 1 aromatic heterocycles. The largest absolute Gasteiger partial charge is 0.497 e. The Morgan fingerprint density at radius 3 is 2.66 bits per heavy atom. The number of morpholine rings is 1. The molecule has 0 spiro atoms. The van der Waals surface area contributed by atoms with Crippen molar-refractivity contribution < 1.29 is 19.0 Å². The molecule has 2 saturated heterocycles. The van der Waals surface area contributed by atoms with Gasteiger partial charge < -0.3 is 19.1 Å². The fourth-order valence-electron chi connectivity index (χ4n) is 3.77. The number of carbonyl (C=O) groups is 1. The lowest BCUT2D eigenvalue weighted by atomic mass is 10.1. The van der Waals surface area contributed by atoms with Crippen molar-refractivity contribution >= 4 is 5.91 Å². The van der Waals surface area contributed by atoms with Crippen molar-refractivity contribution in [2.24, 2.45) is 0 Å². The normalized spacial score (nSPS) is 19.9. The predicted molar refractivity (Wildman–Crippen MR) is 106 cm³/mol. The Bertz CT molecular complexity index is 824. The average molecular weight is 398 g/mol. The summed E-state index contributed by atoms with van der Waals surface area (Å²) >= 11 is 0. The maximum absolute atomic E-state index is 12.6. The van der Waals surface area contributed by atoms with Gasteiger partial charge in [-0.15, -0.1) is 0 Å². The first-order valence-electron chi connectivity index (χ1n) is 9.96. The van der Waals surface area contributed by atoms with Crippen molar-refractivity contribution in [3.63, 3.8) is 0 Å². The van der Waals surface area contributed by atoms with E-state index in [1.165, 1.54) is 0 Å². The van der Waals surface area contributed by atoms with E-state index in [1.54, 1.807) is 19.5 Å². The summed E-state index contributed by atoms with van der Waals surface area (Å²) in [6, 6.07) is 7.41. The van der Waals surface area contributed by atoms with E-state index in [4.69, 9.17) is 14.2 Å². The maximum atomic E-state index is 12.6. The summed E-state index contributed by atoms with van der Waals surface area (Å²) in [7, 11) is 1.63. The minimum Gasteiger partial charge on any atom is -0.497 e. The second-order valence-electron chi connectivity index (χ2n) is 7.18. The number of amides is 1. The van der Waals surface area contributed by atoms with Crippen molar-refractivity contribution in [3.05, 3.63) is 42.4 Å². The molecule has 2 aliphatic rings. The van der Waals surface area contributed by atoms with Crippen LogP contribution in [0.1, 0.15) is 24.6 Å². The SMILES string of the molecule is COc1ccc(Oc2cncc([C@H]3CCCN3CC(=O)N3CCOCC3)n2)cc1. The lowest BCUT2D eigenvalue weighted by molar-refractivity contribution is -0.136. The van der Waals surface area contributed by atoms with Crippen LogP contribution in [0, 0.1) is 0 Å². The molecule has 154 valence electrons. The number of aromatic nitrogens is 2. The highest BCUT2D eigenvalue weighted by atomic mass is 16.5. The molecular weight excluding hydrogens is 372 g/mol. The number of likely N-dealkylation sites (tertiary alicyclic amines) is 1. The number of ether oxygens (including phenoxy) is 3. The van der Waals surface area contributed by atoms with E-state index in [0.29, 0.717) is 44.5 Å². The smallest absolute Gasteiger partial charge is 0.238 e. The van der Waals surface area contributed by atoms with Crippen molar-refractivity contribution in [3.8, 4) is 17.4 Å². The minimum atomic E-state index is 0.0758. The number of nitrogens with zero attached hydrogens (tertiary/aromatic N) is 4. The van der Waals surface area contributed by atoms with Gasteiger partial charge in [-0.3, -0.25) is 14.7 Å². The van der Waals surface area contributed by atoms with Crippen LogP contribution in [0.25, 0.3) is 0 Å². The number of rotatable bonds is 6. The van der Waals surface area contributed by atoms with Gasteiger partial charge in [0.1, 0.15) is 11.5 Å². The third kappa shape index (κ3) is 4.83. The lowest BCUT2D eigenvalue weighted by Gasteiger charge is -2.30. The summed E-state index contributed by atoms with van der Waals surface area (Å²) in [4.78, 5) is 25.7. The van der Waals surface area contributed by atoms with Crippen LogP contribution < -0.4 is 9.47 Å². The van der Waals surface area contributed by atoms with Crippen LogP contribution in [0.15, 0.2) is 36.7 Å². The van der Waals surface area contributed by atoms with Crippen molar-refractivity contribution in [1.82, 2.24) is 19.8 Å². The van der Waals surface area contributed by atoms with Crippen molar-refractivity contribution in [2.75, 3.05) is 46.5 Å². The molecule has 0 unspecified atom stereocenters. The molecule has 29 heavy (non-hydrogen) atoms. The zero-order valence-electron chi connectivity index (χ0n) is 16.6. The first kappa shape index (κ1) is 19.6. The summed E-state index contributed by atoms with van der Waals surface area (Å²) < 4.78 is 16.4. The Morgan fingerprint density at radius 2 is 1.90 bits per heavy atom. The third-order valence-corrected chi connectivity index (χ3v) is 5.32. The average Bonchev–Trinajstić information content (AvgIpc) is 3.23. The number of benzene rings is 1. The fraction of sp³-hybridized carbons (Fsp3) is 0.476. The zero-order valence-corrected chi connectivity index (χ0v) is 16.6. The molecule has 0 bridgehead atoms. The molecule has 2 aromatic rings. The van der Waals surface area contributed by atoms with Crippen molar-refractivity contribution in [2.45, 2.75) is 18.9 Å². The van der Waals surface area contributed by atoms with Crippen LogP contribution in [0.4, 0.5) is 0 Å². The minimum absolute atomic E-state index is 0.0758. The molecule has 0 aliphatic carbocycles. The number of hydrogen-bond acceptors (Lipinski definition) is 7. The highest BCUT2D eigenvalue weighted by Gasteiger charge is 2.30. The highest BCUT2D eigenvalue weighted by Crippen LogP contribution is 2.31. The molecule has 4 rings (SSSR count). The summed E-state index contributed by atoms with van der Waals surface area (Å²) in [5, 5.41) is 0. The van der Waals surface area contributed by atoms with Gasteiger partial charge in [-0.25, -0.2) is 4.98 Å². The van der Waals surface area contributed by atoms with E-state index >= 15 is 0 Å². The van der Waals surface area contributed by atoms with Crippen LogP contribution in [0.5, 0.6) is 17.4 Å². The first-order chi connectivity index (χ1) is 14.2. The molecule has 1 atom stereocenters. The first-order valence-corrected chi connectivity index (χ1v) is 9.96. The van der Waals surface area contributed by atoms with Gasteiger partial charge in [0.15, 0.2) is 0 Å². The standard InChI is InChI=1S/C21H26N4O4/c1-27-16-4-6-17(7-5-16)29-20-14-22-13-18(23-20)19-3-2-8-25(19)15-21(26)24-9-11-28-12-10-24/h4-7,13-14,19H,2-3,8-12,15H2,1H3/t19-/m1/s1. The zero-order chi connectivity index (χ0) is 20.1. The van der Waals surface area contributed by atoms with Gasteiger partial charge in [0.05, 0.1) is 51.0 Å². The van der Waals surface area contributed by atoms with Crippen LogP contribution in [-0.4, -0.2) is 72.2 Å². The van der Waals surface area contributed by atoms with Crippen LogP contribution >= 0.6 is 0 Å². The van der Waals surface area contributed by atoms with Crippen molar-refractivity contribution in [1.29, 1.82) is 0 Å². The summed E-state index contributed by atoms with van der Waals surface area (Å²) in [5.74, 6) is 2.03. The lowest BCUT2D eigenvalue weighted by Crippen LogP contribution is -2.45. The molecule has 2 fully saturated rings. The molecular formula is C21H26N4O4. The van der Waals surface area contributed by atoms with Crippen LogP contribution in [-0.2, 0) is 9.53 Å². The molecule has 3 heterocycles. The number of methoxy groups -OCH3 is 1. The second-order valence-corrected chi connectivity index (χ2v) is 7.18. The quantitative estimate of drug-likeness (QED) is 0.739. The molecule has 1 aromatic carbocycles. The number of hydrogen-bond donors (Lipinski definition) is 0. The Hall–Kier alpha value is -2.71. The predicted octanol–water partition coefficient (Wildman–Crippen LogP) is 2.27. The Kier molecular flexibility index (Phi) is 6.21. The molecule has 8 nitrogen and oxygen atoms in total. The fourth-order valence-corrected chi connectivity index (χ4v) is 3.77. The van der Waals surface area contributed by atoms with E-state index in [0.717, 1.165) is 30.8 Å². The molecule has 1 amide bonds. The van der Waals surface area contributed by atoms with Gasteiger partial charge in [0, 0.05) is 13.1 Å². The van der Waals surface area contributed by atoms with Crippen LogP contribution in [0.3, 0.4) is 0 Å². The molecule has 0 saturated carbocycles. The van der Waals surface area contributed by atoms with Crippen LogP contribution in [0.2, 0.25) is 0 Å². The van der Waals surface area contributed by atoms with E-state index in [2.05, 4.69) is 14.9 Å². The van der Waals surface area contributed by atoms with E-state index in [9.17, 15) is 4.79 Å². The summed E-state index contributed by atoms with van der Waals surface area (Å²) in [6.45, 7) is 3.85. The molecule has 0 radical (unpaired) electrons. The van der Waals surface area contributed by atoms with Gasteiger partial charge in [0.25, 0.3) is 0 Å². The summed E-state index contributed by atoms with van der Waals surface area (Å²) in [6.07, 6.45) is 5.36. The topological polar surface area (TPSA) is 77.0 Å². The van der Waals surface area contributed by atoms with Gasteiger partial charge in [-0.2, -0.15) is 0 Å². The van der Waals surface area contributed by atoms with E-state index in [-0.39, 0.29) is 11.9 Å². The Balaban J connectivity index is 1.42. The second kappa shape index (κ2) is 9.19. The van der Waals surface area contributed by atoms with Gasteiger partial charge in [-0.1, -0.05) is 0 Å². The Labute approximate surface area is 170 Å². The Morgan fingerprint density at radius 1 is 1.14 bits per heavy atom. The number of carbonyl (C=O) groups excluding carboxylic acids is 1. The van der Waals surface area contributed by atoms with Gasteiger partial charge in [-0.05, 0) is 43.7 Å². The van der Waals surface area contributed by atoms with Gasteiger partial charge in [0.2, 0.25) is 11.8 Å². The molecule has 0 N–H and O–H groups in total. The van der Waals surface area contributed by atoms with Gasteiger partial charge >= 0.3 is 0 Å². The molecule has 8 heteroatoms. The van der Waals surface area contributed by atoms with E-state index < -0.39 is 0 Å². The van der Waals surface area contributed by atoms with E-state index in [1.807, 2.05) is 29.2 Å². The molecule has 2 aliphatic heterocycles.